The highest BCUT2D eigenvalue weighted by Crippen LogP contribution is 2.25. The van der Waals surface area contributed by atoms with E-state index < -0.39 is 22.5 Å². The summed E-state index contributed by atoms with van der Waals surface area (Å²) < 4.78 is 33.1. The number of nitrogens with zero attached hydrogens (tertiary/aromatic N) is 2. The van der Waals surface area contributed by atoms with E-state index in [0.29, 0.717) is 11.4 Å². The van der Waals surface area contributed by atoms with Gasteiger partial charge in [0, 0.05) is 4.90 Å². The van der Waals surface area contributed by atoms with E-state index >= 15 is 0 Å². The molecule has 0 unspecified atom stereocenters. The zero-order chi connectivity index (χ0) is 23.8. The number of aryl methyl sites for hydroxylation is 1. The van der Waals surface area contributed by atoms with E-state index in [-0.39, 0.29) is 4.90 Å². The molecule has 3 aromatic carbocycles. The van der Waals surface area contributed by atoms with E-state index in [1.165, 1.54) is 18.0 Å². The third kappa shape index (κ3) is 6.36. The molecule has 0 fully saturated rings. The first-order valence-electron chi connectivity index (χ1n) is 10.0. The number of carbonyl (C=O) groups is 1. The monoisotopic (exact) mass is 483 g/mol. The average Bonchev–Trinajstić information content (AvgIpc) is 2.83. The summed E-state index contributed by atoms with van der Waals surface area (Å²) in [5.41, 5.74) is 4.50. The SMILES string of the molecule is COc1cccc(C=NNC(=O)CN(c2ccc(C)cc2)S(=O)(=O)c2ccc(SC)cc2)c1. The summed E-state index contributed by atoms with van der Waals surface area (Å²) >= 11 is 1.52. The number of benzene rings is 3. The van der Waals surface area contributed by atoms with Crippen LogP contribution in [0.5, 0.6) is 5.75 Å². The van der Waals surface area contributed by atoms with E-state index in [1.54, 1.807) is 79.9 Å². The van der Waals surface area contributed by atoms with Crippen molar-refractivity contribution in [2.24, 2.45) is 5.10 Å². The van der Waals surface area contributed by atoms with Gasteiger partial charge in [-0.1, -0.05) is 29.8 Å². The van der Waals surface area contributed by atoms with Crippen molar-refractivity contribution in [2.75, 3.05) is 24.2 Å². The summed E-state index contributed by atoms with van der Waals surface area (Å²) in [7, 11) is -2.42. The fraction of sp³-hybridized carbons (Fsp3) is 0.167. The highest BCUT2D eigenvalue weighted by Gasteiger charge is 2.27. The van der Waals surface area contributed by atoms with Crippen molar-refractivity contribution in [2.45, 2.75) is 16.7 Å². The smallest absolute Gasteiger partial charge is 0.264 e. The van der Waals surface area contributed by atoms with E-state index in [0.717, 1.165) is 20.3 Å². The summed E-state index contributed by atoms with van der Waals surface area (Å²) in [6.07, 6.45) is 3.38. The number of hydrazone groups is 1. The first-order chi connectivity index (χ1) is 15.8. The summed E-state index contributed by atoms with van der Waals surface area (Å²) in [6.45, 7) is 1.48. The fourth-order valence-electron chi connectivity index (χ4n) is 2.97. The maximum absolute atomic E-state index is 13.4. The van der Waals surface area contributed by atoms with Gasteiger partial charge in [-0.25, -0.2) is 13.8 Å². The predicted octanol–water partition coefficient (Wildman–Crippen LogP) is 4.07. The van der Waals surface area contributed by atoms with E-state index in [1.807, 2.05) is 13.2 Å². The molecule has 0 aliphatic carbocycles. The lowest BCUT2D eigenvalue weighted by molar-refractivity contribution is -0.119. The minimum atomic E-state index is -3.98. The van der Waals surface area contributed by atoms with Crippen LogP contribution in [0, 0.1) is 6.92 Å². The van der Waals surface area contributed by atoms with Gasteiger partial charge in [-0.2, -0.15) is 5.10 Å². The molecule has 0 radical (unpaired) electrons. The number of rotatable bonds is 9. The molecule has 0 heterocycles. The predicted molar refractivity (Wildman–Crippen MR) is 133 cm³/mol. The first-order valence-corrected chi connectivity index (χ1v) is 12.7. The molecule has 1 N–H and O–H groups in total. The molecule has 0 saturated heterocycles. The van der Waals surface area contributed by atoms with Crippen LogP contribution in [0.1, 0.15) is 11.1 Å². The standard InChI is InChI=1S/C24H25N3O4S2/c1-18-7-9-20(10-8-18)27(33(29,30)23-13-11-22(32-3)12-14-23)17-24(28)26-25-16-19-5-4-6-21(15-19)31-2/h4-16H,17H2,1-3H3,(H,26,28). The van der Waals surface area contributed by atoms with Gasteiger partial charge in [-0.15, -0.1) is 11.8 Å². The first kappa shape index (κ1) is 24.3. The molecule has 1 amide bonds. The second-order valence-electron chi connectivity index (χ2n) is 7.09. The van der Waals surface area contributed by atoms with Gasteiger partial charge in [0.15, 0.2) is 0 Å². The normalized spacial score (nSPS) is 11.4. The number of ether oxygens (including phenoxy) is 1. The van der Waals surface area contributed by atoms with Gasteiger partial charge in [0.25, 0.3) is 15.9 Å². The number of methoxy groups -OCH3 is 1. The highest BCUT2D eigenvalue weighted by atomic mass is 32.2. The van der Waals surface area contributed by atoms with Crippen LogP contribution in [0.15, 0.2) is 87.7 Å². The fourth-order valence-corrected chi connectivity index (χ4v) is 4.80. The molecule has 0 atom stereocenters. The Morgan fingerprint density at radius 3 is 2.42 bits per heavy atom. The van der Waals surface area contributed by atoms with E-state index in [9.17, 15) is 13.2 Å². The number of nitrogens with one attached hydrogen (secondary N) is 1. The number of hydrogen-bond acceptors (Lipinski definition) is 6. The van der Waals surface area contributed by atoms with Gasteiger partial charge >= 0.3 is 0 Å². The van der Waals surface area contributed by atoms with Gasteiger partial charge < -0.3 is 4.74 Å². The maximum Gasteiger partial charge on any atom is 0.264 e. The second kappa shape index (κ2) is 11.0. The number of carbonyl (C=O) groups excluding carboxylic acids is 1. The molecule has 9 heteroatoms. The molecule has 7 nitrogen and oxygen atoms in total. The van der Waals surface area contributed by atoms with Crippen molar-refractivity contribution < 1.29 is 17.9 Å². The minimum Gasteiger partial charge on any atom is -0.497 e. The zero-order valence-electron chi connectivity index (χ0n) is 18.6. The Balaban J connectivity index is 1.82. The Labute approximate surface area is 198 Å². The Kier molecular flexibility index (Phi) is 8.13. The van der Waals surface area contributed by atoms with Crippen molar-refractivity contribution in [3.63, 3.8) is 0 Å². The number of hydrogen-bond donors (Lipinski definition) is 1. The number of sulfonamides is 1. The van der Waals surface area contributed by atoms with Crippen LogP contribution in [0.4, 0.5) is 5.69 Å². The van der Waals surface area contributed by atoms with Crippen molar-refractivity contribution in [3.05, 3.63) is 83.9 Å². The average molecular weight is 484 g/mol. The number of thioether (sulfide) groups is 1. The molecule has 172 valence electrons. The van der Waals surface area contributed by atoms with Gasteiger partial charge in [0.2, 0.25) is 0 Å². The lowest BCUT2D eigenvalue weighted by atomic mass is 10.2. The Bertz CT molecular complexity index is 1230. The van der Waals surface area contributed by atoms with Crippen LogP contribution >= 0.6 is 11.8 Å². The Morgan fingerprint density at radius 2 is 1.79 bits per heavy atom. The Morgan fingerprint density at radius 1 is 1.09 bits per heavy atom. The molecule has 0 aliphatic heterocycles. The lowest BCUT2D eigenvalue weighted by Gasteiger charge is -2.24. The molecule has 0 aromatic heterocycles. The summed E-state index contributed by atoms with van der Waals surface area (Å²) in [4.78, 5) is 13.7. The summed E-state index contributed by atoms with van der Waals surface area (Å²) in [5, 5.41) is 3.95. The molecule has 0 spiro atoms. The molecule has 3 aromatic rings. The molecule has 33 heavy (non-hydrogen) atoms. The maximum atomic E-state index is 13.4. The van der Waals surface area contributed by atoms with Gasteiger partial charge in [-0.3, -0.25) is 9.10 Å². The number of anilines is 1. The van der Waals surface area contributed by atoms with Crippen LogP contribution < -0.4 is 14.5 Å². The van der Waals surface area contributed by atoms with Crippen molar-refractivity contribution in [1.82, 2.24) is 5.43 Å². The van der Waals surface area contributed by atoms with E-state index in [4.69, 9.17) is 4.74 Å². The van der Waals surface area contributed by atoms with Crippen LogP contribution in [0.2, 0.25) is 0 Å². The van der Waals surface area contributed by atoms with E-state index in [2.05, 4.69) is 10.5 Å². The second-order valence-corrected chi connectivity index (χ2v) is 9.83. The van der Waals surface area contributed by atoms with Gasteiger partial charge in [-0.05, 0) is 67.3 Å². The molecule has 0 aliphatic rings. The van der Waals surface area contributed by atoms with Crippen molar-refractivity contribution in [3.8, 4) is 5.75 Å². The van der Waals surface area contributed by atoms with Crippen molar-refractivity contribution >= 4 is 39.6 Å². The quantitative estimate of drug-likeness (QED) is 0.282. The highest BCUT2D eigenvalue weighted by molar-refractivity contribution is 7.98. The summed E-state index contributed by atoms with van der Waals surface area (Å²) in [5.74, 6) is 0.0911. The zero-order valence-corrected chi connectivity index (χ0v) is 20.2. The molecule has 0 saturated carbocycles. The third-order valence-electron chi connectivity index (χ3n) is 4.75. The number of amides is 1. The van der Waals surface area contributed by atoms with Crippen LogP contribution in [-0.2, 0) is 14.8 Å². The van der Waals surface area contributed by atoms with Crippen LogP contribution in [-0.4, -0.2) is 40.4 Å². The molecule has 0 bridgehead atoms. The summed E-state index contributed by atoms with van der Waals surface area (Å²) in [6, 6.07) is 20.7. The molecule has 3 rings (SSSR count). The van der Waals surface area contributed by atoms with Gasteiger partial charge in [0.1, 0.15) is 12.3 Å². The van der Waals surface area contributed by atoms with Gasteiger partial charge in [0.05, 0.1) is 23.9 Å². The van der Waals surface area contributed by atoms with Crippen LogP contribution in [0.25, 0.3) is 0 Å². The largest absolute Gasteiger partial charge is 0.497 e. The Hall–Kier alpha value is -3.30. The molecular formula is C24H25N3O4S2. The minimum absolute atomic E-state index is 0.105. The lowest BCUT2D eigenvalue weighted by Crippen LogP contribution is -2.39. The van der Waals surface area contributed by atoms with Crippen molar-refractivity contribution in [1.29, 1.82) is 0 Å². The molecular weight excluding hydrogens is 458 g/mol. The van der Waals surface area contributed by atoms with Crippen LogP contribution in [0.3, 0.4) is 0 Å². The third-order valence-corrected chi connectivity index (χ3v) is 7.28. The topological polar surface area (TPSA) is 88.1 Å².